The van der Waals surface area contributed by atoms with Gasteiger partial charge in [0.05, 0.1) is 0 Å². The van der Waals surface area contributed by atoms with Crippen molar-refractivity contribution in [2.24, 2.45) is 5.92 Å². The zero-order valence-electron chi connectivity index (χ0n) is 9.51. The lowest BCUT2D eigenvalue weighted by Crippen LogP contribution is -2.14. The van der Waals surface area contributed by atoms with Crippen molar-refractivity contribution in [1.29, 1.82) is 0 Å². The first-order valence-corrected chi connectivity index (χ1v) is 6.37. The van der Waals surface area contributed by atoms with E-state index in [1.807, 2.05) is 12.1 Å². The Labute approximate surface area is 102 Å². The molecule has 0 aromatic heterocycles. The van der Waals surface area contributed by atoms with Crippen LogP contribution in [0.4, 0.5) is 5.69 Å². The van der Waals surface area contributed by atoms with Gasteiger partial charge in [-0.15, -0.1) is 0 Å². The van der Waals surface area contributed by atoms with E-state index in [1.54, 1.807) is 6.07 Å². The van der Waals surface area contributed by atoms with Crippen LogP contribution in [-0.4, -0.2) is 6.54 Å². The smallest absolute Gasteiger partial charge is 0.0429 e. The number of halogens is 1. The highest BCUT2D eigenvalue weighted by molar-refractivity contribution is 6.30. The normalized spacial score (nSPS) is 15.3. The van der Waals surface area contributed by atoms with Gasteiger partial charge in [0, 0.05) is 17.3 Å². The maximum atomic E-state index is 5.93. The Hall–Kier alpha value is -0.730. The van der Waals surface area contributed by atoms with Crippen LogP contribution in [0.3, 0.4) is 0 Å². The Morgan fingerprint density at radius 3 is 2.81 bits per heavy atom. The number of hydrogen-bond donors (Lipinski definition) is 2. The van der Waals surface area contributed by atoms with Gasteiger partial charge in [-0.25, -0.2) is 0 Å². The molecule has 88 valence electrons. The fourth-order valence-corrected chi connectivity index (χ4v) is 2.20. The van der Waals surface area contributed by atoms with Crippen LogP contribution in [0.25, 0.3) is 0 Å². The standard InChI is InChI=1S/C13H19ClN2/c14-12-6-11(7-13(15)8-12)9-16-5-1-2-10-3-4-10/h6-8,10,16H,1-5,9,15H2. The molecule has 3 heteroatoms. The van der Waals surface area contributed by atoms with E-state index >= 15 is 0 Å². The monoisotopic (exact) mass is 238 g/mol. The van der Waals surface area contributed by atoms with E-state index < -0.39 is 0 Å². The highest BCUT2D eigenvalue weighted by Gasteiger charge is 2.19. The molecule has 0 atom stereocenters. The predicted molar refractivity (Wildman–Crippen MR) is 69.5 cm³/mol. The average Bonchev–Trinajstić information content (AvgIpc) is 2.99. The lowest BCUT2D eigenvalue weighted by molar-refractivity contribution is 0.594. The first-order valence-electron chi connectivity index (χ1n) is 6.00. The third kappa shape index (κ3) is 4.03. The molecular formula is C13H19ClN2. The van der Waals surface area contributed by atoms with Gasteiger partial charge >= 0.3 is 0 Å². The van der Waals surface area contributed by atoms with Gasteiger partial charge < -0.3 is 11.1 Å². The van der Waals surface area contributed by atoms with Crippen molar-refractivity contribution in [3.63, 3.8) is 0 Å². The molecule has 1 aliphatic rings. The van der Waals surface area contributed by atoms with E-state index in [0.29, 0.717) is 0 Å². The largest absolute Gasteiger partial charge is 0.399 e. The number of nitrogens with two attached hydrogens (primary N) is 1. The van der Waals surface area contributed by atoms with Gasteiger partial charge in [0.2, 0.25) is 0 Å². The Balaban J connectivity index is 1.67. The minimum absolute atomic E-state index is 0.717. The third-order valence-electron chi connectivity index (χ3n) is 2.97. The maximum absolute atomic E-state index is 5.93. The molecule has 0 bridgehead atoms. The molecule has 3 N–H and O–H groups in total. The summed E-state index contributed by atoms with van der Waals surface area (Å²) in [6.45, 7) is 1.94. The van der Waals surface area contributed by atoms with Crippen molar-refractivity contribution in [1.82, 2.24) is 5.32 Å². The molecule has 0 unspecified atom stereocenters. The van der Waals surface area contributed by atoms with E-state index in [1.165, 1.54) is 25.7 Å². The van der Waals surface area contributed by atoms with E-state index in [2.05, 4.69) is 5.32 Å². The van der Waals surface area contributed by atoms with Crippen molar-refractivity contribution in [2.45, 2.75) is 32.2 Å². The topological polar surface area (TPSA) is 38.0 Å². The van der Waals surface area contributed by atoms with Gasteiger partial charge in [0.15, 0.2) is 0 Å². The first-order chi connectivity index (χ1) is 7.74. The summed E-state index contributed by atoms with van der Waals surface area (Å²) in [7, 11) is 0. The van der Waals surface area contributed by atoms with Gasteiger partial charge in [-0.05, 0) is 49.1 Å². The molecule has 1 aliphatic carbocycles. The number of nitrogen functional groups attached to an aromatic ring is 1. The number of anilines is 1. The Morgan fingerprint density at radius 2 is 2.12 bits per heavy atom. The molecule has 1 aromatic carbocycles. The molecule has 0 saturated heterocycles. The molecule has 1 aromatic rings. The quantitative estimate of drug-likeness (QED) is 0.590. The van der Waals surface area contributed by atoms with Crippen LogP contribution in [0.5, 0.6) is 0 Å². The van der Waals surface area contributed by atoms with Gasteiger partial charge in [-0.3, -0.25) is 0 Å². The molecule has 0 amide bonds. The molecule has 2 rings (SSSR count). The lowest BCUT2D eigenvalue weighted by Gasteiger charge is -2.06. The second-order valence-corrected chi connectivity index (χ2v) is 5.09. The highest BCUT2D eigenvalue weighted by Crippen LogP contribution is 2.33. The maximum Gasteiger partial charge on any atom is 0.0429 e. The fourth-order valence-electron chi connectivity index (χ4n) is 1.93. The number of rotatable bonds is 6. The summed E-state index contributed by atoms with van der Waals surface area (Å²) in [6.07, 6.45) is 5.56. The first kappa shape index (κ1) is 11.7. The molecular weight excluding hydrogens is 220 g/mol. The van der Waals surface area contributed by atoms with Crippen molar-refractivity contribution < 1.29 is 0 Å². The fraction of sp³-hybridized carbons (Fsp3) is 0.538. The molecule has 2 nitrogen and oxygen atoms in total. The summed E-state index contributed by atoms with van der Waals surface area (Å²) in [5, 5.41) is 4.14. The zero-order chi connectivity index (χ0) is 11.4. The van der Waals surface area contributed by atoms with Crippen molar-refractivity contribution >= 4 is 17.3 Å². The molecule has 16 heavy (non-hydrogen) atoms. The van der Waals surface area contributed by atoms with Crippen LogP contribution in [0.15, 0.2) is 18.2 Å². The molecule has 1 fully saturated rings. The van der Waals surface area contributed by atoms with Crippen molar-refractivity contribution in [3.8, 4) is 0 Å². The van der Waals surface area contributed by atoms with Crippen molar-refractivity contribution in [2.75, 3.05) is 12.3 Å². The Kier molecular flexibility index (Phi) is 4.08. The average molecular weight is 239 g/mol. The Morgan fingerprint density at radius 1 is 1.31 bits per heavy atom. The SMILES string of the molecule is Nc1cc(Cl)cc(CNCCCC2CC2)c1. The van der Waals surface area contributed by atoms with Crippen LogP contribution >= 0.6 is 11.6 Å². The van der Waals surface area contributed by atoms with Crippen LogP contribution in [0, 0.1) is 5.92 Å². The number of benzene rings is 1. The molecule has 0 aliphatic heterocycles. The second kappa shape index (κ2) is 5.55. The van der Waals surface area contributed by atoms with Crippen LogP contribution in [0.2, 0.25) is 5.02 Å². The summed E-state index contributed by atoms with van der Waals surface area (Å²) < 4.78 is 0. The van der Waals surface area contributed by atoms with Gasteiger partial charge in [0.25, 0.3) is 0 Å². The summed E-state index contributed by atoms with van der Waals surface area (Å²) in [5.74, 6) is 1.03. The second-order valence-electron chi connectivity index (χ2n) is 4.66. The molecule has 1 saturated carbocycles. The number of nitrogens with one attached hydrogen (secondary N) is 1. The van der Waals surface area contributed by atoms with Gasteiger partial charge in [-0.1, -0.05) is 24.4 Å². The molecule has 0 heterocycles. The zero-order valence-corrected chi connectivity index (χ0v) is 10.3. The molecule has 0 spiro atoms. The van der Waals surface area contributed by atoms with Gasteiger partial charge in [0.1, 0.15) is 0 Å². The minimum Gasteiger partial charge on any atom is -0.399 e. The Bertz CT molecular complexity index is 328. The number of hydrogen-bond acceptors (Lipinski definition) is 2. The van der Waals surface area contributed by atoms with Gasteiger partial charge in [-0.2, -0.15) is 0 Å². The van der Waals surface area contributed by atoms with Crippen LogP contribution < -0.4 is 11.1 Å². The third-order valence-corrected chi connectivity index (χ3v) is 3.19. The summed E-state index contributed by atoms with van der Waals surface area (Å²) >= 11 is 5.93. The van der Waals surface area contributed by atoms with E-state index in [4.69, 9.17) is 17.3 Å². The minimum atomic E-state index is 0.717. The lowest BCUT2D eigenvalue weighted by atomic mass is 10.2. The predicted octanol–water partition coefficient (Wildman–Crippen LogP) is 3.20. The summed E-state index contributed by atoms with van der Waals surface area (Å²) in [6, 6.07) is 5.71. The van der Waals surface area contributed by atoms with Crippen LogP contribution in [0.1, 0.15) is 31.2 Å². The van der Waals surface area contributed by atoms with Crippen LogP contribution in [-0.2, 0) is 6.54 Å². The van der Waals surface area contributed by atoms with E-state index in [0.717, 1.165) is 35.3 Å². The van der Waals surface area contributed by atoms with E-state index in [-0.39, 0.29) is 0 Å². The van der Waals surface area contributed by atoms with Crippen molar-refractivity contribution in [3.05, 3.63) is 28.8 Å². The molecule has 0 radical (unpaired) electrons. The van der Waals surface area contributed by atoms with E-state index in [9.17, 15) is 0 Å². The summed E-state index contributed by atoms with van der Waals surface area (Å²) in [4.78, 5) is 0. The highest BCUT2D eigenvalue weighted by atomic mass is 35.5. The summed E-state index contributed by atoms with van der Waals surface area (Å²) in [5.41, 5.74) is 7.63.